The number of aromatic nitrogens is 1. The molecular formula is C29H37N5O7S. The minimum absolute atomic E-state index is 0.0919. The standard InChI is InChI=1S/C29H37N5O7S/c1-16(2)23(25(35)28-31-20-8-5-6-10-22(20)41-28)32-27(37)21-9-7-15-34(21)29(38)24(17(3)4)33-26(36)18-11-13-19(14-12-18)42(30,39)40/h5-6,8,10-14,16-17,21,23-25,35H,7,9,15H2,1-4H3,(H,32,37)(H,33,36)(H2,30,39,40)/t21-,23-,24-,25?/m0/s1. The van der Waals surface area contributed by atoms with Gasteiger partial charge in [0.2, 0.25) is 27.7 Å². The highest BCUT2D eigenvalue weighted by Crippen LogP contribution is 2.27. The summed E-state index contributed by atoms with van der Waals surface area (Å²) in [7, 11) is -3.92. The summed E-state index contributed by atoms with van der Waals surface area (Å²) in [5.74, 6) is -1.79. The van der Waals surface area contributed by atoms with Crippen LogP contribution in [0.2, 0.25) is 0 Å². The number of amides is 3. The Labute approximate surface area is 244 Å². The summed E-state index contributed by atoms with van der Waals surface area (Å²) in [6.07, 6.45) is -0.192. The van der Waals surface area contributed by atoms with E-state index < -0.39 is 52.0 Å². The molecule has 3 amide bonds. The van der Waals surface area contributed by atoms with E-state index in [1.165, 1.54) is 29.2 Å². The molecule has 1 saturated heterocycles. The molecule has 1 aromatic heterocycles. The number of primary sulfonamides is 1. The Balaban J connectivity index is 1.47. The van der Waals surface area contributed by atoms with Gasteiger partial charge in [-0.05, 0) is 61.1 Å². The second-order valence-electron chi connectivity index (χ2n) is 11.2. The summed E-state index contributed by atoms with van der Waals surface area (Å²) in [4.78, 5) is 45.9. The first kappa shape index (κ1) is 31.1. The number of sulfonamides is 1. The number of nitrogens with two attached hydrogens (primary N) is 1. The van der Waals surface area contributed by atoms with Crippen molar-refractivity contribution in [1.29, 1.82) is 0 Å². The van der Waals surface area contributed by atoms with Crippen molar-refractivity contribution >= 4 is 38.8 Å². The molecule has 0 bridgehead atoms. The Morgan fingerprint density at radius 3 is 2.29 bits per heavy atom. The van der Waals surface area contributed by atoms with E-state index in [0.717, 1.165) is 0 Å². The van der Waals surface area contributed by atoms with Gasteiger partial charge in [0.25, 0.3) is 5.91 Å². The Hall–Kier alpha value is -3.81. The lowest BCUT2D eigenvalue weighted by Crippen LogP contribution is -2.56. The molecule has 1 aliphatic heterocycles. The summed E-state index contributed by atoms with van der Waals surface area (Å²) in [6, 6.07) is 9.74. The fraction of sp³-hybridized carbons (Fsp3) is 0.448. The Morgan fingerprint density at radius 2 is 1.69 bits per heavy atom. The molecule has 5 N–H and O–H groups in total. The summed E-state index contributed by atoms with van der Waals surface area (Å²) in [6.45, 7) is 7.61. The van der Waals surface area contributed by atoms with Crippen LogP contribution in [-0.2, 0) is 19.6 Å². The van der Waals surface area contributed by atoms with E-state index in [-0.39, 0.29) is 28.2 Å². The van der Waals surface area contributed by atoms with Gasteiger partial charge in [-0.15, -0.1) is 0 Å². The molecule has 1 fully saturated rings. The Morgan fingerprint density at radius 1 is 1.02 bits per heavy atom. The number of rotatable bonds is 10. The monoisotopic (exact) mass is 599 g/mol. The molecule has 4 atom stereocenters. The second-order valence-corrected chi connectivity index (χ2v) is 12.8. The number of hydrogen-bond donors (Lipinski definition) is 4. The fourth-order valence-corrected chi connectivity index (χ4v) is 5.57. The van der Waals surface area contributed by atoms with Gasteiger partial charge in [-0.2, -0.15) is 0 Å². The number of nitrogens with one attached hydrogen (secondary N) is 2. The molecule has 4 rings (SSSR count). The lowest BCUT2D eigenvalue weighted by Gasteiger charge is -2.32. The molecule has 0 aliphatic carbocycles. The normalized spacial score (nSPS) is 17.8. The molecule has 2 aromatic carbocycles. The molecule has 0 radical (unpaired) electrons. The van der Waals surface area contributed by atoms with Crippen molar-refractivity contribution in [3.05, 3.63) is 60.0 Å². The quantitative estimate of drug-likeness (QED) is 0.273. The maximum absolute atomic E-state index is 13.7. The molecule has 2 heterocycles. The zero-order valence-corrected chi connectivity index (χ0v) is 24.8. The van der Waals surface area contributed by atoms with Crippen molar-refractivity contribution in [2.24, 2.45) is 17.0 Å². The largest absolute Gasteiger partial charge is 0.438 e. The molecular weight excluding hydrogens is 562 g/mol. The number of nitrogens with zero attached hydrogens (tertiary/aromatic N) is 2. The third-order valence-electron chi connectivity index (χ3n) is 7.43. The minimum atomic E-state index is -3.92. The Kier molecular flexibility index (Phi) is 9.34. The zero-order valence-electron chi connectivity index (χ0n) is 24.0. The highest BCUT2D eigenvalue weighted by atomic mass is 32.2. The maximum atomic E-state index is 13.7. The third-order valence-corrected chi connectivity index (χ3v) is 8.36. The topological polar surface area (TPSA) is 185 Å². The molecule has 3 aromatic rings. The van der Waals surface area contributed by atoms with Gasteiger partial charge in [0.15, 0.2) is 11.7 Å². The molecule has 42 heavy (non-hydrogen) atoms. The van der Waals surface area contributed by atoms with Crippen LogP contribution in [-0.4, -0.2) is 65.8 Å². The smallest absolute Gasteiger partial charge is 0.251 e. The average Bonchev–Trinajstić information content (AvgIpc) is 3.61. The van der Waals surface area contributed by atoms with Crippen molar-refractivity contribution in [2.75, 3.05) is 6.54 Å². The number of aliphatic hydroxyl groups excluding tert-OH is 1. The van der Waals surface area contributed by atoms with Gasteiger partial charge in [0, 0.05) is 12.1 Å². The van der Waals surface area contributed by atoms with E-state index in [9.17, 15) is 27.9 Å². The second kappa shape index (κ2) is 12.6. The highest BCUT2D eigenvalue weighted by Gasteiger charge is 2.40. The first-order valence-electron chi connectivity index (χ1n) is 13.9. The van der Waals surface area contributed by atoms with Crippen LogP contribution < -0.4 is 15.8 Å². The number of carbonyl (C=O) groups is 3. The molecule has 1 unspecified atom stereocenters. The third kappa shape index (κ3) is 6.80. The van der Waals surface area contributed by atoms with Gasteiger partial charge in [0.1, 0.15) is 17.6 Å². The fourth-order valence-electron chi connectivity index (χ4n) is 5.06. The summed E-state index contributed by atoms with van der Waals surface area (Å²) >= 11 is 0. The van der Waals surface area contributed by atoms with Gasteiger partial charge in [-0.3, -0.25) is 14.4 Å². The molecule has 13 heteroatoms. The van der Waals surface area contributed by atoms with Crippen LogP contribution in [0.5, 0.6) is 0 Å². The van der Waals surface area contributed by atoms with Crippen molar-refractivity contribution < 1.29 is 32.3 Å². The van der Waals surface area contributed by atoms with Crippen molar-refractivity contribution in [3.63, 3.8) is 0 Å². The molecule has 226 valence electrons. The first-order valence-corrected chi connectivity index (χ1v) is 15.4. The van der Waals surface area contributed by atoms with Crippen LogP contribution in [0.4, 0.5) is 0 Å². The molecule has 12 nitrogen and oxygen atoms in total. The van der Waals surface area contributed by atoms with E-state index in [0.29, 0.717) is 30.5 Å². The van der Waals surface area contributed by atoms with Gasteiger partial charge in [0.05, 0.1) is 10.9 Å². The summed E-state index contributed by atoms with van der Waals surface area (Å²) in [5.41, 5.74) is 1.27. The molecule has 0 spiro atoms. The number of hydrogen-bond acceptors (Lipinski definition) is 8. The van der Waals surface area contributed by atoms with E-state index in [4.69, 9.17) is 9.56 Å². The van der Waals surface area contributed by atoms with Crippen LogP contribution in [0, 0.1) is 11.8 Å². The number of carbonyl (C=O) groups excluding carboxylic acids is 3. The number of fused-ring (bicyclic) bond motifs is 1. The van der Waals surface area contributed by atoms with Crippen LogP contribution in [0.15, 0.2) is 57.8 Å². The number of likely N-dealkylation sites (tertiary alicyclic amines) is 1. The van der Waals surface area contributed by atoms with Crippen molar-refractivity contribution in [2.45, 2.75) is 69.7 Å². The van der Waals surface area contributed by atoms with E-state index in [1.54, 1.807) is 32.0 Å². The van der Waals surface area contributed by atoms with Crippen LogP contribution >= 0.6 is 0 Å². The van der Waals surface area contributed by atoms with Crippen LogP contribution in [0.25, 0.3) is 11.1 Å². The van der Waals surface area contributed by atoms with Gasteiger partial charge < -0.3 is 25.1 Å². The number of benzene rings is 2. The van der Waals surface area contributed by atoms with E-state index in [1.807, 2.05) is 19.9 Å². The number of oxazole rings is 1. The van der Waals surface area contributed by atoms with Gasteiger partial charge in [-0.25, -0.2) is 18.5 Å². The van der Waals surface area contributed by atoms with E-state index in [2.05, 4.69) is 15.6 Å². The predicted molar refractivity (Wildman–Crippen MR) is 154 cm³/mol. The molecule has 0 saturated carbocycles. The lowest BCUT2D eigenvalue weighted by molar-refractivity contribution is -0.141. The maximum Gasteiger partial charge on any atom is 0.251 e. The number of aliphatic hydroxyl groups is 1. The lowest BCUT2D eigenvalue weighted by atomic mass is 9.97. The van der Waals surface area contributed by atoms with Crippen LogP contribution in [0.1, 0.15) is 62.9 Å². The van der Waals surface area contributed by atoms with Crippen molar-refractivity contribution in [3.8, 4) is 0 Å². The van der Waals surface area contributed by atoms with Gasteiger partial charge in [-0.1, -0.05) is 39.8 Å². The average molecular weight is 600 g/mol. The zero-order chi connectivity index (χ0) is 30.8. The summed E-state index contributed by atoms with van der Waals surface area (Å²) < 4.78 is 28.8. The minimum Gasteiger partial charge on any atom is -0.438 e. The Bertz CT molecular complexity index is 1520. The highest BCUT2D eigenvalue weighted by molar-refractivity contribution is 7.89. The number of para-hydroxylation sites is 2. The SMILES string of the molecule is CC(C)[C@H](NC(=O)[C@@H]1CCCN1C(=O)[C@@H](NC(=O)c1ccc(S(N)(=O)=O)cc1)C(C)C)C(O)c1nc2ccccc2o1. The van der Waals surface area contributed by atoms with Crippen molar-refractivity contribution in [1.82, 2.24) is 20.5 Å². The van der Waals surface area contributed by atoms with E-state index >= 15 is 0 Å². The molecule has 1 aliphatic rings. The first-order chi connectivity index (χ1) is 19.8. The predicted octanol–water partition coefficient (Wildman–Crippen LogP) is 2.10. The summed E-state index contributed by atoms with van der Waals surface area (Å²) in [5, 5.41) is 21.9. The van der Waals surface area contributed by atoms with Gasteiger partial charge >= 0.3 is 0 Å². The van der Waals surface area contributed by atoms with Crippen LogP contribution in [0.3, 0.4) is 0 Å².